The Morgan fingerprint density at radius 3 is 2.43 bits per heavy atom. The van der Waals surface area contributed by atoms with Crippen LogP contribution in [0.2, 0.25) is 0 Å². The van der Waals surface area contributed by atoms with E-state index in [-0.39, 0.29) is 36.7 Å². The Hall–Kier alpha value is -2.46. The van der Waals surface area contributed by atoms with E-state index < -0.39 is 12.3 Å². The fraction of sp³-hybridized carbons (Fsp3) is 0.615. The molecule has 0 saturated heterocycles. The number of aliphatic hydroxyl groups is 1. The SMILES string of the molecule is CCO[C@H]1OC(C(=O)NCC2CC2)=C[C@@H](c2ccc(C(=O)OC)cc2)[C@@H]1CCOCCOCCO. The first kappa shape index (κ1) is 27.1. The zero-order chi connectivity index (χ0) is 25.0. The predicted molar refractivity (Wildman–Crippen MR) is 128 cm³/mol. The normalized spacial score (nSPS) is 21.7. The summed E-state index contributed by atoms with van der Waals surface area (Å²) in [7, 11) is 1.35. The second kappa shape index (κ2) is 14.2. The molecule has 1 amide bonds. The first-order valence-electron chi connectivity index (χ1n) is 12.3. The number of hydrogen-bond acceptors (Lipinski definition) is 8. The second-order valence-electron chi connectivity index (χ2n) is 8.67. The molecular formula is C26H37NO8. The number of amides is 1. The molecule has 0 radical (unpaired) electrons. The number of nitrogens with one attached hydrogen (secondary N) is 1. The van der Waals surface area contributed by atoms with E-state index in [1.54, 1.807) is 12.1 Å². The summed E-state index contributed by atoms with van der Waals surface area (Å²) < 4.78 is 27.7. The predicted octanol–water partition coefficient (Wildman–Crippen LogP) is 2.39. The standard InChI is InChI=1S/C26H37NO8/c1-3-34-26-21(10-12-32-14-15-33-13-11-28)22(19-6-8-20(9-7-19)25(30)31-2)16-23(35-26)24(29)27-17-18-4-5-18/h6-9,16,18,21-22,26,28H,3-5,10-15,17H2,1-2H3,(H,27,29)/t21-,22-,26-/m0/s1. The van der Waals surface area contributed by atoms with Gasteiger partial charge in [0.15, 0.2) is 5.76 Å². The van der Waals surface area contributed by atoms with Crippen molar-refractivity contribution in [3.63, 3.8) is 0 Å². The Morgan fingerprint density at radius 2 is 1.80 bits per heavy atom. The molecule has 3 rings (SSSR count). The van der Waals surface area contributed by atoms with Crippen molar-refractivity contribution >= 4 is 11.9 Å². The van der Waals surface area contributed by atoms with E-state index in [0.717, 1.165) is 18.4 Å². The minimum Gasteiger partial charge on any atom is -0.465 e. The summed E-state index contributed by atoms with van der Waals surface area (Å²) in [5.74, 6) is -0.132. The van der Waals surface area contributed by atoms with Gasteiger partial charge in [-0.05, 0) is 55.9 Å². The number of rotatable bonds is 15. The lowest BCUT2D eigenvalue weighted by Crippen LogP contribution is -2.39. The molecule has 1 aliphatic heterocycles. The number of hydrogen-bond donors (Lipinski definition) is 2. The maximum atomic E-state index is 12.9. The molecule has 0 aromatic heterocycles. The molecule has 9 nitrogen and oxygen atoms in total. The highest BCUT2D eigenvalue weighted by Gasteiger charge is 2.38. The fourth-order valence-electron chi connectivity index (χ4n) is 4.03. The van der Waals surface area contributed by atoms with Crippen LogP contribution in [-0.4, -0.2) is 76.6 Å². The van der Waals surface area contributed by atoms with Crippen molar-refractivity contribution in [2.45, 2.75) is 38.4 Å². The Morgan fingerprint density at radius 1 is 1.09 bits per heavy atom. The number of esters is 1. The van der Waals surface area contributed by atoms with Gasteiger partial charge in [0.1, 0.15) is 0 Å². The molecule has 1 saturated carbocycles. The van der Waals surface area contributed by atoms with Gasteiger partial charge in [-0.1, -0.05) is 12.1 Å². The molecule has 2 N–H and O–H groups in total. The molecule has 9 heteroatoms. The van der Waals surface area contributed by atoms with Crippen molar-refractivity contribution in [2.24, 2.45) is 11.8 Å². The van der Waals surface area contributed by atoms with E-state index in [1.165, 1.54) is 7.11 Å². The van der Waals surface area contributed by atoms with Crippen LogP contribution in [0.1, 0.15) is 48.0 Å². The maximum Gasteiger partial charge on any atom is 0.337 e. The Labute approximate surface area is 206 Å². The van der Waals surface area contributed by atoms with Crippen molar-refractivity contribution in [1.29, 1.82) is 0 Å². The minimum absolute atomic E-state index is 0.0190. The molecular weight excluding hydrogens is 454 g/mol. The lowest BCUT2D eigenvalue weighted by Gasteiger charge is -2.37. The van der Waals surface area contributed by atoms with E-state index in [9.17, 15) is 9.59 Å². The van der Waals surface area contributed by atoms with Gasteiger partial charge in [0.05, 0.1) is 39.1 Å². The molecule has 1 aliphatic carbocycles. The highest BCUT2D eigenvalue weighted by molar-refractivity contribution is 5.92. The molecule has 0 spiro atoms. The van der Waals surface area contributed by atoms with Crippen LogP contribution in [0.25, 0.3) is 0 Å². The van der Waals surface area contributed by atoms with Crippen LogP contribution in [0.5, 0.6) is 0 Å². The van der Waals surface area contributed by atoms with Crippen LogP contribution in [0.3, 0.4) is 0 Å². The smallest absolute Gasteiger partial charge is 0.337 e. The zero-order valence-corrected chi connectivity index (χ0v) is 20.6. The van der Waals surface area contributed by atoms with Crippen LogP contribution >= 0.6 is 0 Å². The topological polar surface area (TPSA) is 113 Å². The average molecular weight is 492 g/mol. The molecule has 3 atom stereocenters. The number of aliphatic hydroxyl groups excluding tert-OH is 1. The summed E-state index contributed by atoms with van der Waals surface area (Å²) in [4.78, 5) is 24.7. The third kappa shape index (κ3) is 8.31. The minimum atomic E-state index is -0.619. The van der Waals surface area contributed by atoms with Crippen LogP contribution in [0.4, 0.5) is 0 Å². The van der Waals surface area contributed by atoms with E-state index in [2.05, 4.69) is 5.32 Å². The van der Waals surface area contributed by atoms with Gasteiger partial charge >= 0.3 is 5.97 Å². The maximum absolute atomic E-state index is 12.9. The number of methoxy groups -OCH3 is 1. The van der Waals surface area contributed by atoms with Crippen molar-refractivity contribution in [1.82, 2.24) is 5.32 Å². The first-order valence-corrected chi connectivity index (χ1v) is 12.3. The molecule has 1 aromatic rings. The average Bonchev–Trinajstić information content (AvgIpc) is 3.71. The van der Waals surface area contributed by atoms with E-state index in [1.807, 2.05) is 25.1 Å². The monoisotopic (exact) mass is 491 g/mol. The van der Waals surface area contributed by atoms with Crippen LogP contribution in [-0.2, 0) is 28.5 Å². The third-order valence-electron chi connectivity index (χ3n) is 6.11. The summed E-state index contributed by atoms with van der Waals surface area (Å²) in [6.45, 7) is 4.50. The number of carbonyl (C=O) groups excluding carboxylic acids is 2. The van der Waals surface area contributed by atoms with E-state index in [0.29, 0.717) is 50.9 Å². The summed E-state index contributed by atoms with van der Waals surface area (Å²) in [5.41, 5.74) is 1.40. The van der Waals surface area contributed by atoms with Gasteiger partial charge in [-0.15, -0.1) is 0 Å². The molecule has 2 aliphatic rings. The van der Waals surface area contributed by atoms with Gasteiger partial charge < -0.3 is 34.1 Å². The van der Waals surface area contributed by atoms with Gasteiger partial charge in [-0.25, -0.2) is 4.79 Å². The Kier molecular flexibility index (Phi) is 11.0. The number of carbonyl (C=O) groups is 2. The summed E-state index contributed by atoms with van der Waals surface area (Å²) >= 11 is 0. The molecule has 1 heterocycles. The second-order valence-corrected chi connectivity index (χ2v) is 8.67. The molecule has 35 heavy (non-hydrogen) atoms. The molecule has 194 valence electrons. The zero-order valence-electron chi connectivity index (χ0n) is 20.6. The van der Waals surface area contributed by atoms with E-state index in [4.69, 9.17) is 28.8 Å². The van der Waals surface area contributed by atoms with Crippen LogP contribution < -0.4 is 5.32 Å². The molecule has 1 aromatic carbocycles. The summed E-state index contributed by atoms with van der Waals surface area (Å²) in [5, 5.41) is 11.8. The van der Waals surface area contributed by atoms with Crippen molar-refractivity contribution in [2.75, 3.05) is 53.3 Å². The highest BCUT2D eigenvalue weighted by Crippen LogP contribution is 2.39. The van der Waals surface area contributed by atoms with Crippen molar-refractivity contribution < 1.29 is 38.4 Å². The van der Waals surface area contributed by atoms with Gasteiger partial charge in [-0.2, -0.15) is 0 Å². The van der Waals surface area contributed by atoms with Gasteiger partial charge in [-0.3, -0.25) is 4.79 Å². The van der Waals surface area contributed by atoms with Gasteiger partial charge in [0, 0.05) is 31.6 Å². The highest BCUT2D eigenvalue weighted by atomic mass is 16.7. The van der Waals surface area contributed by atoms with Gasteiger partial charge in [0.25, 0.3) is 5.91 Å². The fourth-order valence-corrected chi connectivity index (χ4v) is 4.03. The number of allylic oxidation sites excluding steroid dienone is 1. The lowest BCUT2D eigenvalue weighted by molar-refractivity contribution is -0.168. The third-order valence-corrected chi connectivity index (χ3v) is 6.11. The number of ether oxygens (including phenoxy) is 5. The Balaban J connectivity index is 1.76. The molecule has 0 unspecified atom stereocenters. The molecule has 1 fully saturated rings. The first-order chi connectivity index (χ1) is 17.1. The van der Waals surface area contributed by atoms with Gasteiger partial charge in [0.2, 0.25) is 6.29 Å². The van der Waals surface area contributed by atoms with E-state index >= 15 is 0 Å². The van der Waals surface area contributed by atoms with Crippen molar-refractivity contribution in [3.05, 3.63) is 47.2 Å². The number of benzene rings is 1. The summed E-state index contributed by atoms with van der Waals surface area (Å²) in [6, 6.07) is 7.19. The quantitative estimate of drug-likeness (QED) is 0.284. The Bertz CT molecular complexity index is 836. The summed E-state index contributed by atoms with van der Waals surface area (Å²) in [6.07, 6.45) is 4.14. The van der Waals surface area contributed by atoms with Crippen LogP contribution in [0, 0.1) is 11.8 Å². The largest absolute Gasteiger partial charge is 0.465 e. The molecule has 0 bridgehead atoms. The van der Waals surface area contributed by atoms with Crippen LogP contribution in [0.15, 0.2) is 36.1 Å². The lowest BCUT2D eigenvalue weighted by atomic mass is 9.81. The van der Waals surface area contributed by atoms with Crippen molar-refractivity contribution in [3.8, 4) is 0 Å².